The predicted molar refractivity (Wildman–Crippen MR) is 116 cm³/mol. The van der Waals surface area contributed by atoms with Crippen LogP contribution >= 0.6 is 0 Å². The molecule has 0 aliphatic carbocycles. The van der Waals surface area contributed by atoms with Gasteiger partial charge in [0, 0.05) is 38.2 Å². The number of piperidine rings is 1. The Kier molecular flexibility index (Phi) is 5.06. The number of hydrogen-bond acceptors (Lipinski definition) is 3. The Morgan fingerprint density at radius 2 is 1.90 bits per heavy atom. The van der Waals surface area contributed by atoms with Crippen LogP contribution in [-0.2, 0) is 17.8 Å². The number of anilines is 1. The molecule has 3 heterocycles. The van der Waals surface area contributed by atoms with Gasteiger partial charge in [-0.1, -0.05) is 24.3 Å². The normalized spacial score (nSPS) is 20.6. The monoisotopic (exact) mass is 388 g/mol. The van der Waals surface area contributed by atoms with E-state index in [4.69, 9.17) is 4.98 Å². The van der Waals surface area contributed by atoms with Crippen LogP contribution in [0.2, 0.25) is 0 Å². The Bertz CT molecular complexity index is 961. The number of carbonyl (C=O) groups excluding carboxylic acids is 1. The Hall–Kier alpha value is -2.66. The lowest BCUT2D eigenvalue weighted by molar-refractivity contribution is -0.117. The van der Waals surface area contributed by atoms with Crippen LogP contribution in [0.3, 0.4) is 0 Å². The molecule has 5 rings (SSSR count). The zero-order chi connectivity index (χ0) is 19.6. The molecule has 29 heavy (non-hydrogen) atoms. The number of nitrogens with zero attached hydrogens (tertiary/aromatic N) is 3. The first-order valence-electron chi connectivity index (χ1n) is 10.8. The van der Waals surface area contributed by atoms with Crippen LogP contribution in [-0.4, -0.2) is 40.4 Å². The van der Waals surface area contributed by atoms with Gasteiger partial charge in [0.25, 0.3) is 0 Å². The quantitative estimate of drug-likeness (QED) is 0.715. The second kappa shape index (κ2) is 7.99. The van der Waals surface area contributed by atoms with Crippen molar-refractivity contribution in [1.29, 1.82) is 0 Å². The molecule has 150 valence electrons. The maximum absolute atomic E-state index is 11.9. The highest BCUT2D eigenvalue weighted by atomic mass is 16.2. The summed E-state index contributed by atoms with van der Waals surface area (Å²) in [5.41, 5.74) is 4.56. The fourth-order valence-electron chi connectivity index (χ4n) is 4.80. The van der Waals surface area contributed by atoms with Crippen molar-refractivity contribution >= 4 is 22.6 Å². The summed E-state index contributed by atoms with van der Waals surface area (Å²) >= 11 is 0. The number of hydrogen-bond donors (Lipinski definition) is 1. The third-order valence-electron chi connectivity index (χ3n) is 6.25. The minimum Gasteiger partial charge on any atom is -0.342 e. The van der Waals surface area contributed by atoms with Gasteiger partial charge in [-0.3, -0.25) is 9.69 Å². The number of amides is 1. The van der Waals surface area contributed by atoms with E-state index in [2.05, 4.69) is 52.3 Å². The summed E-state index contributed by atoms with van der Waals surface area (Å²) in [6.45, 7) is 4.10. The molecular weight excluding hydrogens is 360 g/mol. The summed E-state index contributed by atoms with van der Waals surface area (Å²) in [6.07, 6.45) is 5.18. The van der Waals surface area contributed by atoms with E-state index in [-0.39, 0.29) is 5.91 Å². The average molecular weight is 389 g/mol. The lowest BCUT2D eigenvalue weighted by Crippen LogP contribution is -2.35. The number of likely N-dealkylation sites (tertiary alicyclic amines) is 1. The van der Waals surface area contributed by atoms with E-state index in [1.807, 2.05) is 11.0 Å². The molecule has 1 N–H and O–H groups in total. The number of carbonyl (C=O) groups is 1. The largest absolute Gasteiger partial charge is 0.342 e. The fourth-order valence-corrected chi connectivity index (χ4v) is 4.80. The standard InChI is InChI=1S/C24H28N4O/c29-24-8-4-14-28(24)20-11-9-18(10-12-20)16-27-13-3-5-19(17-27)15-23-25-21-6-1-2-7-22(21)26-23/h1-2,6-7,9-12,19H,3-5,8,13-17H2,(H,25,26). The molecule has 2 aliphatic rings. The molecule has 2 fully saturated rings. The van der Waals surface area contributed by atoms with E-state index in [1.165, 1.54) is 18.4 Å². The number of nitrogens with one attached hydrogen (secondary N) is 1. The molecule has 0 radical (unpaired) electrons. The van der Waals surface area contributed by atoms with Crippen LogP contribution in [0.25, 0.3) is 11.0 Å². The number of aromatic nitrogens is 2. The van der Waals surface area contributed by atoms with Gasteiger partial charge in [0.05, 0.1) is 11.0 Å². The number of para-hydroxylation sites is 2. The van der Waals surface area contributed by atoms with Crippen molar-refractivity contribution < 1.29 is 4.79 Å². The number of H-pyrrole nitrogens is 1. The molecule has 2 aliphatic heterocycles. The van der Waals surface area contributed by atoms with Gasteiger partial charge in [-0.05, 0) is 61.6 Å². The summed E-state index contributed by atoms with van der Waals surface area (Å²) in [5, 5.41) is 0. The molecule has 1 amide bonds. The summed E-state index contributed by atoms with van der Waals surface area (Å²) in [7, 11) is 0. The fraction of sp³-hybridized carbons (Fsp3) is 0.417. The van der Waals surface area contributed by atoms with Crippen LogP contribution in [0.5, 0.6) is 0 Å². The van der Waals surface area contributed by atoms with E-state index in [1.54, 1.807) is 0 Å². The van der Waals surface area contributed by atoms with Crippen LogP contribution in [0.1, 0.15) is 37.1 Å². The maximum Gasteiger partial charge on any atom is 0.227 e. The second-order valence-electron chi connectivity index (χ2n) is 8.46. The van der Waals surface area contributed by atoms with E-state index >= 15 is 0 Å². The van der Waals surface area contributed by atoms with Crippen LogP contribution in [0.4, 0.5) is 5.69 Å². The first kappa shape index (κ1) is 18.4. The van der Waals surface area contributed by atoms with Gasteiger partial charge in [-0.15, -0.1) is 0 Å². The average Bonchev–Trinajstić information content (AvgIpc) is 3.34. The van der Waals surface area contributed by atoms with Crippen molar-refractivity contribution in [2.45, 2.75) is 38.6 Å². The zero-order valence-corrected chi connectivity index (χ0v) is 16.8. The van der Waals surface area contributed by atoms with Gasteiger partial charge in [-0.25, -0.2) is 4.98 Å². The van der Waals surface area contributed by atoms with Crippen molar-refractivity contribution in [3.63, 3.8) is 0 Å². The van der Waals surface area contributed by atoms with E-state index in [0.717, 1.165) is 61.6 Å². The highest BCUT2D eigenvalue weighted by Gasteiger charge is 2.23. The number of imidazole rings is 1. The first-order valence-corrected chi connectivity index (χ1v) is 10.8. The lowest BCUT2D eigenvalue weighted by atomic mass is 9.94. The number of rotatable bonds is 5. The van der Waals surface area contributed by atoms with Gasteiger partial charge in [0.15, 0.2) is 0 Å². The number of fused-ring (bicyclic) bond motifs is 1. The SMILES string of the molecule is O=C1CCCN1c1ccc(CN2CCCC(Cc3nc4ccccc4[nH]3)C2)cc1. The first-order chi connectivity index (χ1) is 14.2. The summed E-state index contributed by atoms with van der Waals surface area (Å²) in [6, 6.07) is 16.8. The Morgan fingerprint density at radius 1 is 1.03 bits per heavy atom. The van der Waals surface area contributed by atoms with Crippen molar-refractivity contribution in [1.82, 2.24) is 14.9 Å². The van der Waals surface area contributed by atoms with Gasteiger partial charge < -0.3 is 9.88 Å². The highest BCUT2D eigenvalue weighted by molar-refractivity contribution is 5.95. The van der Waals surface area contributed by atoms with Crippen molar-refractivity contribution in [2.75, 3.05) is 24.5 Å². The van der Waals surface area contributed by atoms with Crippen LogP contribution in [0.15, 0.2) is 48.5 Å². The molecule has 1 aromatic heterocycles. The van der Waals surface area contributed by atoms with Crippen molar-refractivity contribution in [2.24, 2.45) is 5.92 Å². The maximum atomic E-state index is 11.9. The van der Waals surface area contributed by atoms with E-state index in [0.29, 0.717) is 12.3 Å². The second-order valence-corrected chi connectivity index (χ2v) is 8.46. The summed E-state index contributed by atoms with van der Waals surface area (Å²) in [4.78, 5) is 24.6. The molecular formula is C24H28N4O. The van der Waals surface area contributed by atoms with Crippen molar-refractivity contribution in [3.05, 3.63) is 59.9 Å². The summed E-state index contributed by atoms with van der Waals surface area (Å²) < 4.78 is 0. The molecule has 3 aromatic rings. The lowest BCUT2D eigenvalue weighted by Gasteiger charge is -2.32. The zero-order valence-electron chi connectivity index (χ0n) is 16.8. The van der Waals surface area contributed by atoms with Crippen LogP contribution in [0, 0.1) is 5.92 Å². The third-order valence-corrected chi connectivity index (χ3v) is 6.25. The molecule has 1 unspecified atom stereocenters. The minimum atomic E-state index is 0.252. The Morgan fingerprint density at radius 3 is 2.69 bits per heavy atom. The molecule has 5 nitrogen and oxygen atoms in total. The number of aromatic amines is 1. The summed E-state index contributed by atoms with van der Waals surface area (Å²) in [5.74, 6) is 2.01. The molecule has 0 spiro atoms. The van der Waals surface area contributed by atoms with Crippen LogP contribution < -0.4 is 4.90 Å². The molecule has 5 heteroatoms. The highest BCUT2D eigenvalue weighted by Crippen LogP contribution is 2.25. The van der Waals surface area contributed by atoms with Gasteiger partial charge >= 0.3 is 0 Å². The topological polar surface area (TPSA) is 52.2 Å². The van der Waals surface area contributed by atoms with Gasteiger partial charge in [0.2, 0.25) is 5.91 Å². The Labute approximate surface area is 171 Å². The van der Waals surface area contributed by atoms with Gasteiger partial charge in [-0.2, -0.15) is 0 Å². The minimum absolute atomic E-state index is 0.252. The van der Waals surface area contributed by atoms with E-state index < -0.39 is 0 Å². The molecule has 0 saturated carbocycles. The van der Waals surface area contributed by atoms with Gasteiger partial charge in [0.1, 0.15) is 5.82 Å². The molecule has 1 atom stereocenters. The third kappa shape index (κ3) is 4.06. The number of benzene rings is 2. The molecule has 2 saturated heterocycles. The molecule has 0 bridgehead atoms. The predicted octanol–water partition coefficient (Wildman–Crippen LogP) is 4.14. The van der Waals surface area contributed by atoms with Crippen molar-refractivity contribution in [3.8, 4) is 0 Å². The smallest absolute Gasteiger partial charge is 0.227 e. The molecule has 2 aromatic carbocycles. The van der Waals surface area contributed by atoms with E-state index in [9.17, 15) is 4.79 Å². The Balaban J connectivity index is 1.20.